The topological polar surface area (TPSA) is 109 Å². The maximum atomic E-state index is 12.6. The van der Waals surface area contributed by atoms with E-state index in [0.717, 1.165) is 32.5 Å². The zero-order valence-corrected chi connectivity index (χ0v) is 12.6. The molecule has 0 radical (unpaired) electrons. The quantitative estimate of drug-likeness (QED) is 0.586. The predicted molar refractivity (Wildman–Crippen MR) is 82.3 cm³/mol. The molecule has 122 valence electrons. The minimum Gasteiger partial charge on any atom is -0.595 e. The Hall–Kier alpha value is -2.00. The van der Waals surface area contributed by atoms with Gasteiger partial charge in [-0.1, -0.05) is 0 Å². The lowest BCUT2D eigenvalue weighted by atomic mass is 9.84. The van der Waals surface area contributed by atoms with Crippen molar-refractivity contribution in [3.63, 3.8) is 0 Å². The third-order valence-electron chi connectivity index (χ3n) is 5.00. The summed E-state index contributed by atoms with van der Waals surface area (Å²) in [6, 6.07) is 4.78. The number of benzene rings is 1. The molecule has 2 atom stereocenters. The van der Waals surface area contributed by atoms with Gasteiger partial charge in [0.05, 0.1) is 5.52 Å². The van der Waals surface area contributed by atoms with Crippen LogP contribution in [0.5, 0.6) is 0 Å². The molecule has 2 aromatic rings. The number of piperidine rings is 3. The van der Waals surface area contributed by atoms with Crippen LogP contribution >= 0.6 is 0 Å². The largest absolute Gasteiger partial charge is 0.595 e. The van der Waals surface area contributed by atoms with E-state index in [4.69, 9.17) is 5.21 Å². The Balaban J connectivity index is 1.58. The molecule has 2 bridgehead atoms. The van der Waals surface area contributed by atoms with Gasteiger partial charge in [0.2, 0.25) is 0 Å². The van der Waals surface area contributed by atoms with Crippen molar-refractivity contribution in [1.29, 1.82) is 0 Å². The second-order valence-electron chi connectivity index (χ2n) is 6.36. The van der Waals surface area contributed by atoms with Crippen LogP contribution in [-0.4, -0.2) is 51.9 Å². The summed E-state index contributed by atoms with van der Waals surface area (Å²) < 4.78 is 0. The standard InChI is InChI=1S/C15H19N5O3/c21-15(16-13-8-19-5-3-9(13)4-6-19)14-11-7-10(20(22)23)1-2-12(11)17-18-14/h1-2,7,9,13,20,22H,3-6,8H2,(H,16,21)(H,17,18)/t13-/m0/s1. The number of quaternary nitrogens is 1. The summed E-state index contributed by atoms with van der Waals surface area (Å²) in [5.41, 5.74) is 1.07. The van der Waals surface area contributed by atoms with Gasteiger partial charge in [0, 0.05) is 30.1 Å². The summed E-state index contributed by atoms with van der Waals surface area (Å²) >= 11 is 0. The highest BCUT2D eigenvalue weighted by Crippen LogP contribution is 2.28. The molecule has 1 aromatic heterocycles. The first kappa shape index (κ1) is 14.6. The van der Waals surface area contributed by atoms with E-state index in [1.54, 1.807) is 6.07 Å². The lowest BCUT2D eigenvalue weighted by Gasteiger charge is -2.44. The number of nitrogens with zero attached hydrogens (tertiary/aromatic N) is 2. The number of aromatic nitrogens is 2. The normalized spacial score (nSPS) is 28.0. The third kappa shape index (κ3) is 2.59. The summed E-state index contributed by atoms with van der Waals surface area (Å²) in [7, 11) is 0. The highest BCUT2D eigenvalue weighted by atomic mass is 16.8. The number of amides is 1. The van der Waals surface area contributed by atoms with E-state index in [1.165, 1.54) is 12.1 Å². The Kier molecular flexibility index (Phi) is 3.53. The molecule has 3 aliphatic heterocycles. The maximum absolute atomic E-state index is 12.6. The molecule has 3 saturated heterocycles. The van der Waals surface area contributed by atoms with Gasteiger partial charge >= 0.3 is 0 Å². The van der Waals surface area contributed by atoms with Gasteiger partial charge in [0.1, 0.15) is 0 Å². The predicted octanol–water partition coefficient (Wildman–Crippen LogP) is -0.210. The third-order valence-corrected chi connectivity index (χ3v) is 5.00. The van der Waals surface area contributed by atoms with Gasteiger partial charge in [0.15, 0.2) is 11.4 Å². The van der Waals surface area contributed by atoms with E-state index < -0.39 is 5.23 Å². The minimum absolute atomic E-state index is 0.149. The van der Waals surface area contributed by atoms with Crippen molar-refractivity contribution >= 4 is 22.5 Å². The number of aromatic amines is 1. The van der Waals surface area contributed by atoms with E-state index in [-0.39, 0.29) is 23.3 Å². The van der Waals surface area contributed by atoms with Crippen molar-refractivity contribution in [1.82, 2.24) is 20.4 Å². The Morgan fingerprint density at radius 3 is 2.87 bits per heavy atom. The molecule has 8 heteroatoms. The van der Waals surface area contributed by atoms with Crippen molar-refractivity contribution in [2.75, 3.05) is 19.6 Å². The van der Waals surface area contributed by atoms with Crippen molar-refractivity contribution in [2.45, 2.75) is 18.9 Å². The van der Waals surface area contributed by atoms with Crippen LogP contribution < -0.4 is 10.5 Å². The number of fused-ring (bicyclic) bond motifs is 4. The number of carbonyl (C=O) groups excluding carboxylic acids is 1. The van der Waals surface area contributed by atoms with Gasteiger partial charge in [-0.05, 0) is 37.9 Å². The summed E-state index contributed by atoms with van der Waals surface area (Å²) in [6.07, 6.45) is 2.24. The molecule has 4 heterocycles. The molecule has 0 saturated carbocycles. The molecule has 0 spiro atoms. The summed E-state index contributed by atoms with van der Waals surface area (Å²) in [5.74, 6) is 0.293. The van der Waals surface area contributed by atoms with E-state index in [0.29, 0.717) is 16.8 Å². The fraction of sp³-hybridized carbons (Fsp3) is 0.467. The number of rotatable bonds is 3. The number of nitrogens with one attached hydrogen (secondary N) is 3. The van der Waals surface area contributed by atoms with Crippen LogP contribution in [0, 0.1) is 11.1 Å². The van der Waals surface area contributed by atoms with Gasteiger partial charge < -0.3 is 15.4 Å². The van der Waals surface area contributed by atoms with Crippen LogP contribution in [0.25, 0.3) is 10.9 Å². The first-order chi connectivity index (χ1) is 11.1. The second-order valence-corrected chi connectivity index (χ2v) is 6.36. The summed E-state index contributed by atoms with van der Waals surface area (Å²) in [6.45, 7) is 3.12. The highest BCUT2D eigenvalue weighted by molar-refractivity contribution is 6.05. The molecule has 4 N–H and O–H groups in total. The highest BCUT2D eigenvalue weighted by Gasteiger charge is 2.35. The van der Waals surface area contributed by atoms with E-state index in [1.807, 2.05) is 0 Å². The molecule has 0 aliphatic carbocycles. The molecule has 5 rings (SSSR count). The lowest BCUT2D eigenvalue weighted by Crippen LogP contribution is -2.99. The molecule has 1 unspecified atom stereocenters. The Morgan fingerprint density at radius 1 is 1.43 bits per heavy atom. The molecular formula is C15H19N5O3. The molecule has 8 nitrogen and oxygen atoms in total. The fourth-order valence-electron chi connectivity index (χ4n) is 3.69. The maximum Gasteiger partial charge on any atom is 0.272 e. The zero-order chi connectivity index (χ0) is 16.0. The van der Waals surface area contributed by atoms with Crippen molar-refractivity contribution in [2.24, 2.45) is 5.92 Å². The molecular weight excluding hydrogens is 298 g/mol. The molecule has 1 aromatic carbocycles. The summed E-state index contributed by atoms with van der Waals surface area (Å²) in [5, 5.41) is 29.7. The Bertz CT molecular complexity index is 736. The number of hydrogen-bond donors (Lipinski definition) is 4. The second kappa shape index (κ2) is 5.57. The van der Waals surface area contributed by atoms with Crippen LogP contribution in [0.15, 0.2) is 18.2 Å². The van der Waals surface area contributed by atoms with E-state index >= 15 is 0 Å². The van der Waals surface area contributed by atoms with Gasteiger partial charge in [-0.2, -0.15) is 10.3 Å². The molecule has 23 heavy (non-hydrogen) atoms. The SMILES string of the molecule is O=C(N[C@H]1CN2CCC1CC2)c1n[nH]c2ccc([NH+]([O-])O)cc12. The first-order valence-electron chi connectivity index (χ1n) is 7.86. The lowest BCUT2D eigenvalue weighted by molar-refractivity contribution is -0.991. The van der Waals surface area contributed by atoms with Crippen LogP contribution in [-0.2, 0) is 0 Å². The average Bonchev–Trinajstić information content (AvgIpc) is 2.99. The van der Waals surface area contributed by atoms with Crippen LogP contribution in [0.3, 0.4) is 0 Å². The Morgan fingerprint density at radius 2 is 2.22 bits per heavy atom. The molecule has 1 amide bonds. The van der Waals surface area contributed by atoms with Gasteiger partial charge in [-0.15, -0.1) is 0 Å². The van der Waals surface area contributed by atoms with E-state index in [2.05, 4.69) is 20.4 Å². The van der Waals surface area contributed by atoms with Crippen molar-refractivity contribution in [3.05, 3.63) is 29.1 Å². The number of H-pyrrole nitrogens is 1. The Labute approximate surface area is 132 Å². The number of carbonyl (C=O) groups is 1. The van der Waals surface area contributed by atoms with Crippen molar-refractivity contribution < 1.29 is 15.2 Å². The smallest absolute Gasteiger partial charge is 0.272 e. The van der Waals surface area contributed by atoms with Crippen LogP contribution in [0.4, 0.5) is 5.69 Å². The van der Waals surface area contributed by atoms with Gasteiger partial charge in [-0.25, -0.2) is 5.21 Å². The van der Waals surface area contributed by atoms with Crippen molar-refractivity contribution in [3.8, 4) is 0 Å². The summed E-state index contributed by atoms with van der Waals surface area (Å²) in [4.78, 5) is 15.0. The average molecular weight is 317 g/mol. The van der Waals surface area contributed by atoms with Gasteiger partial charge in [0.25, 0.3) is 5.91 Å². The zero-order valence-electron chi connectivity index (χ0n) is 12.6. The fourth-order valence-corrected chi connectivity index (χ4v) is 3.69. The number of hydrogen-bond acceptors (Lipinski definition) is 5. The molecule has 3 fully saturated rings. The minimum atomic E-state index is -1.02. The monoisotopic (exact) mass is 317 g/mol. The van der Waals surface area contributed by atoms with Gasteiger partial charge in [-0.3, -0.25) is 9.89 Å². The first-order valence-corrected chi connectivity index (χ1v) is 7.86. The molecule has 3 aliphatic rings. The van der Waals surface area contributed by atoms with Crippen LogP contribution in [0.2, 0.25) is 0 Å². The van der Waals surface area contributed by atoms with Crippen LogP contribution in [0.1, 0.15) is 23.3 Å². The van der Waals surface area contributed by atoms with E-state index in [9.17, 15) is 10.0 Å².